The Morgan fingerprint density at radius 3 is 0.686 bits per heavy atom. The molecule has 0 heterocycles. The number of hydrogen-bond acceptors (Lipinski definition) is 4. The molecular formula is C31H60O4. The quantitative estimate of drug-likeness (QED) is 0.390. The number of carbonyl (C=O) groups excluding carboxylic acids is 4. The highest BCUT2D eigenvalue weighted by Crippen LogP contribution is 2.28. The minimum atomic E-state index is -0.321. The molecule has 0 rings (SSSR count). The molecule has 0 N–H and O–H groups in total. The second-order valence-corrected chi connectivity index (χ2v) is 16.1. The molecule has 0 bridgehead atoms. The fourth-order valence-corrected chi connectivity index (χ4v) is 2.85. The number of carbonyl (C=O) groups is 4. The van der Waals surface area contributed by atoms with E-state index >= 15 is 0 Å². The van der Waals surface area contributed by atoms with E-state index in [2.05, 4.69) is 20.8 Å². The molecule has 35 heavy (non-hydrogen) atoms. The van der Waals surface area contributed by atoms with Crippen molar-refractivity contribution in [1.82, 2.24) is 0 Å². The van der Waals surface area contributed by atoms with E-state index in [9.17, 15) is 19.2 Å². The van der Waals surface area contributed by atoms with Crippen molar-refractivity contribution in [2.45, 2.75) is 144 Å². The van der Waals surface area contributed by atoms with E-state index in [0.717, 1.165) is 0 Å². The van der Waals surface area contributed by atoms with Crippen molar-refractivity contribution in [2.24, 2.45) is 32.5 Å². The highest BCUT2D eigenvalue weighted by molar-refractivity contribution is 5.90. The summed E-state index contributed by atoms with van der Waals surface area (Å²) in [7, 11) is 0. The monoisotopic (exact) mass is 496 g/mol. The first-order valence-electron chi connectivity index (χ1n) is 13.0. The Labute approximate surface area is 218 Å². The van der Waals surface area contributed by atoms with Crippen molar-refractivity contribution in [3.8, 4) is 0 Å². The standard InChI is InChI=1S/C12H22O2.C10H20O.C9H18O/c1-11(2,3)9(13)7-8-10(14)12(4,5)6;1-9(2,3)7-8(11)10(4,5)6;1-8(2,3)7(10)9(4,5)6/h7-8H2,1-6H3;7H2,1-6H3;1-6H3. The maximum atomic E-state index is 11.5. The Morgan fingerprint density at radius 1 is 0.371 bits per heavy atom. The molecule has 208 valence electrons. The van der Waals surface area contributed by atoms with Gasteiger partial charge in [0.2, 0.25) is 0 Å². The fraction of sp³-hybridized carbons (Fsp3) is 0.871. The molecule has 4 nitrogen and oxygen atoms in total. The fourth-order valence-electron chi connectivity index (χ4n) is 2.85. The molecule has 0 aromatic carbocycles. The summed E-state index contributed by atoms with van der Waals surface area (Å²) >= 11 is 0. The van der Waals surface area contributed by atoms with Gasteiger partial charge in [-0.15, -0.1) is 0 Å². The van der Waals surface area contributed by atoms with Crippen LogP contribution in [-0.4, -0.2) is 23.1 Å². The highest BCUT2D eigenvalue weighted by Gasteiger charge is 2.31. The van der Waals surface area contributed by atoms with E-state index in [1.165, 1.54) is 0 Å². The van der Waals surface area contributed by atoms with E-state index in [4.69, 9.17) is 0 Å². The summed E-state index contributed by atoms with van der Waals surface area (Å²) in [5, 5.41) is 0. The smallest absolute Gasteiger partial charge is 0.143 e. The van der Waals surface area contributed by atoms with Gasteiger partial charge >= 0.3 is 0 Å². The minimum Gasteiger partial charge on any atom is -0.299 e. The van der Waals surface area contributed by atoms with Gasteiger partial charge in [-0.3, -0.25) is 19.2 Å². The lowest BCUT2D eigenvalue weighted by atomic mass is 9.76. The second kappa shape index (κ2) is 13.3. The Kier molecular flexibility index (Phi) is 14.5. The third-order valence-corrected chi connectivity index (χ3v) is 5.14. The van der Waals surface area contributed by atoms with Crippen LogP contribution in [-0.2, 0) is 19.2 Å². The van der Waals surface area contributed by atoms with Crippen LogP contribution in [0.5, 0.6) is 0 Å². The summed E-state index contributed by atoms with van der Waals surface area (Å²) in [6.45, 7) is 35.3. The third kappa shape index (κ3) is 20.6. The van der Waals surface area contributed by atoms with Crippen LogP contribution in [0, 0.1) is 32.5 Å². The molecule has 0 aromatic rings. The average molecular weight is 497 g/mol. The summed E-state index contributed by atoms with van der Waals surface area (Å²) < 4.78 is 0. The summed E-state index contributed by atoms with van der Waals surface area (Å²) in [6.07, 6.45) is 1.43. The summed E-state index contributed by atoms with van der Waals surface area (Å²) in [6, 6.07) is 0. The van der Waals surface area contributed by atoms with Crippen molar-refractivity contribution < 1.29 is 19.2 Å². The predicted octanol–water partition coefficient (Wildman–Crippen LogP) is 8.68. The van der Waals surface area contributed by atoms with Crippen molar-refractivity contribution in [1.29, 1.82) is 0 Å². The number of Topliss-reactive ketones (excluding diaryl/α,β-unsaturated/α-hetero) is 4. The zero-order valence-electron chi connectivity index (χ0n) is 26.8. The Balaban J connectivity index is -0.000000447. The van der Waals surface area contributed by atoms with Gasteiger partial charge in [-0.05, 0) is 5.41 Å². The van der Waals surface area contributed by atoms with Crippen LogP contribution in [0.25, 0.3) is 0 Å². The normalized spacial score (nSPS) is 13.1. The Bertz CT molecular complexity index is 656. The lowest BCUT2D eigenvalue weighted by molar-refractivity contribution is -0.134. The van der Waals surface area contributed by atoms with Crippen molar-refractivity contribution in [2.75, 3.05) is 0 Å². The zero-order valence-corrected chi connectivity index (χ0v) is 26.8. The third-order valence-electron chi connectivity index (χ3n) is 5.14. The molecule has 0 radical (unpaired) electrons. The molecule has 0 amide bonds. The van der Waals surface area contributed by atoms with Crippen molar-refractivity contribution >= 4 is 23.1 Å². The zero-order chi connectivity index (χ0) is 29.4. The van der Waals surface area contributed by atoms with Gasteiger partial charge in [-0.1, -0.05) is 125 Å². The van der Waals surface area contributed by atoms with Gasteiger partial charge in [0.25, 0.3) is 0 Å². The average Bonchev–Trinajstić information content (AvgIpc) is 2.54. The van der Waals surface area contributed by atoms with Gasteiger partial charge < -0.3 is 0 Å². The maximum Gasteiger partial charge on any atom is 0.143 e. The molecule has 4 heteroatoms. The van der Waals surface area contributed by atoms with Gasteiger partial charge in [0.05, 0.1) is 0 Å². The van der Waals surface area contributed by atoms with Gasteiger partial charge in [-0.2, -0.15) is 0 Å². The second-order valence-electron chi connectivity index (χ2n) is 16.1. The molecule has 0 aromatic heterocycles. The lowest BCUT2D eigenvalue weighted by Gasteiger charge is -2.26. The van der Waals surface area contributed by atoms with E-state index in [0.29, 0.717) is 30.8 Å². The van der Waals surface area contributed by atoms with Gasteiger partial charge in [-0.25, -0.2) is 0 Å². The van der Waals surface area contributed by atoms with Crippen molar-refractivity contribution in [3.63, 3.8) is 0 Å². The lowest BCUT2D eigenvalue weighted by Crippen LogP contribution is -2.32. The first kappa shape index (κ1) is 38.2. The first-order valence-corrected chi connectivity index (χ1v) is 13.0. The van der Waals surface area contributed by atoms with Crippen LogP contribution in [0.15, 0.2) is 0 Å². The van der Waals surface area contributed by atoms with E-state index in [1.807, 2.05) is 104 Å². The predicted molar refractivity (Wildman–Crippen MR) is 151 cm³/mol. The van der Waals surface area contributed by atoms with Crippen LogP contribution in [0.3, 0.4) is 0 Å². The molecule has 0 aliphatic carbocycles. The number of rotatable bonds is 4. The van der Waals surface area contributed by atoms with Crippen LogP contribution >= 0.6 is 0 Å². The van der Waals surface area contributed by atoms with Gasteiger partial charge in [0.15, 0.2) is 0 Å². The van der Waals surface area contributed by atoms with Gasteiger partial charge in [0.1, 0.15) is 23.1 Å². The molecule has 0 saturated carbocycles. The molecule has 0 fully saturated rings. The molecule has 0 atom stereocenters. The van der Waals surface area contributed by atoms with Crippen LogP contribution in [0.2, 0.25) is 0 Å². The molecule has 0 spiro atoms. The summed E-state index contributed by atoms with van der Waals surface area (Å²) in [5.74, 6) is 0.996. The largest absolute Gasteiger partial charge is 0.299 e. The van der Waals surface area contributed by atoms with Crippen LogP contribution < -0.4 is 0 Å². The molecular weight excluding hydrogens is 436 g/mol. The number of ketones is 4. The van der Waals surface area contributed by atoms with Gasteiger partial charge in [0, 0.05) is 46.3 Å². The minimum absolute atomic E-state index is 0.129. The number of hydrogen-bond donors (Lipinski definition) is 0. The SMILES string of the molecule is CC(C)(C)C(=O)C(C)(C)C.CC(C)(C)C(=O)CCC(=O)C(C)(C)C.CC(C)(C)CC(=O)C(C)(C)C. The summed E-state index contributed by atoms with van der Waals surface area (Å²) in [4.78, 5) is 46.1. The Hall–Kier alpha value is -1.32. The molecule has 0 saturated heterocycles. The highest BCUT2D eigenvalue weighted by atomic mass is 16.1. The first-order chi connectivity index (χ1) is 14.8. The maximum absolute atomic E-state index is 11.5. The topological polar surface area (TPSA) is 68.3 Å². The Morgan fingerprint density at radius 2 is 0.600 bits per heavy atom. The van der Waals surface area contributed by atoms with E-state index in [-0.39, 0.29) is 44.1 Å². The summed E-state index contributed by atoms with van der Waals surface area (Å²) in [5.41, 5.74) is -1.08. The van der Waals surface area contributed by atoms with Crippen LogP contribution in [0.4, 0.5) is 0 Å². The van der Waals surface area contributed by atoms with E-state index < -0.39 is 0 Å². The van der Waals surface area contributed by atoms with Crippen LogP contribution in [0.1, 0.15) is 144 Å². The molecule has 0 unspecified atom stereocenters. The van der Waals surface area contributed by atoms with Crippen molar-refractivity contribution in [3.05, 3.63) is 0 Å². The molecule has 0 aliphatic heterocycles. The molecule has 0 aliphatic rings. The van der Waals surface area contributed by atoms with E-state index in [1.54, 1.807) is 0 Å².